The van der Waals surface area contributed by atoms with E-state index in [0.29, 0.717) is 13.0 Å². The van der Waals surface area contributed by atoms with Crippen molar-refractivity contribution in [2.45, 2.75) is 19.4 Å². The van der Waals surface area contributed by atoms with E-state index in [1.54, 1.807) is 0 Å². The number of rotatable bonds is 1. The zero-order valence-electron chi connectivity index (χ0n) is 8.92. The molecular weight excluding hydrogens is 188 g/mol. The zero-order valence-corrected chi connectivity index (χ0v) is 8.92. The lowest BCUT2D eigenvalue weighted by Gasteiger charge is -2.16. The van der Waals surface area contributed by atoms with Crippen LogP contribution in [0.5, 0.6) is 0 Å². The van der Waals surface area contributed by atoms with E-state index in [1.807, 2.05) is 0 Å². The van der Waals surface area contributed by atoms with Gasteiger partial charge in [0.25, 0.3) is 0 Å². The molecule has 2 rings (SSSR count). The van der Waals surface area contributed by atoms with Gasteiger partial charge in [-0.05, 0) is 12.5 Å². The van der Waals surface area contributed by atoms with Crippen molar-refractivity contribution in [3.63, 3.8) is 0 Å². The minimum absolute atomic E-state index is 0.137. The average Bonchev–Trinajstić information content (AvgIpc) is 2.43. The van der Waals surface area contributed by atoms with Crippen molar-refractivity contribution < 1.29 is 4.79 Å². The number of nitrogens with one attached hydrogen (secondary N) is 2. The second kappa shape index (κ2) is 4.45. The van der Waals surface area contributed by atoms with Crippen LogP contribution in [0.4, 0.5) is 0 Å². The fraction of sp³-hybridized carbons (Fsp3) is 0.417. The molecule has 2 N–H and O–H groups in total. The van der Waals surface area contributed by atoms with Crippen LogP contribution in [-0.4, -0.2) is 19.0 Å². The predicted octanol–water partition coefficient (Wildman–Crippen LogP) is 1.15. The van der Waals surface area contributed by atoms with Gasteiger partial charge >= 0.3 is 0 Å². The first-order chi connectivity index (χ1) is 7.25. The van der Waals surface area contributed by atoms with Gasteiger partial charge in [-0.25, -0.2) is 0 Å². The first-order valence-electron chi connectivity index (χ1n) is 5.32. The first-order valence-corrected chi connectivity index (χ1v) is 5.32. The van der Waals surface area contributed by atoms with E-state index in [0.717, 1.165) is 6.54 Å². The smallest absolute Gasteiger partial charge is 0.221 e. The van der Waals surface area contributed by atoms with Crippen LogP contribution in [-0.2, 0) is 4.79 Å². The molecule has 0 spiro atoms. The molecule has 1 fully saturated rings. The van der Waals surface area contributed by atoms with Crippen LogP contribution in [0.3, 0.4) is 0 Å². The molecule has 1 atom stereocenters. The third-order valence-electron chi connectivity index (χ3n) is 2.69. The Morgan fingerprint density at radius 1 is 1.40 bits per heavy atom. The van der Waals surface area contributed by atoms with Crippen LogP contribution in [0.1, 0.15) is 23.6 Å². The molecule has 1 amide bonds. The number of hydrogen-bond acceptors (Lipinski definition) is 2. The quantitative estimate of drug-likeness (QED) is 0.720. The van der Waals surface area contributed by atoms with Crippen LogP contribution in [0, 0.1) is 6.92 Å². The van der Waals surface area contributed by atoms with E-state index >= 15 is 0 Å². The molecule has 1 aliphatic heterocycles. The minimum Gasteiger partial charge on any atom is -0.354 e. The highest BCUT2D eigenvalue weighted by atomic mass is 16.1. The lowest BCUT2D eigenvalue weighted by Crippen LogP contribution is -2.28. The maximum atomic E-state index is 11.2. The molecule has 1 aliphatic rings. The second-order valence-electron chi connectivity index (χ2n) is 3.97. The van der Waals surface area contributed by atoms with Gasteiger partial charge in [0.1, 0.15) is 0 Å². The van der Waals surface area contributed by atoms with Crippen LogP contribution in [0.2, 0.25) is 0 Å². The van der Waals surface area contributed by atoms with Crippen molar-refractivity contribution in [2.24, 2.45) is 0 Å². The SMILES string of the molecule is Cc1cccc(C2CNC(=O)CCN2)c1. The van der Waals surface area contributed by atoms with Gasteiger partial charge in [0, 0.05) is 25.6 Å². The Labute approximate surface area is 89.9 Å². The molecule has 0 aromatic heterocycles. The van der Waals surface area contributed by atoms with Gasteiger partial charge in [0.15, 0.2) is 0 Å². The Balaban J connectivity index is 2.13. The summed E-state index contributed by atoms with van der Waals surface area (Å²) in [6.07, 6.45) is 0.572. The van der Waals surface area contributed by atoms with Gasteiger partial charge in [-0.3, -0.25) is 4.79 Å². The van der Waals surface area contributed by atoms with Crippen LogP contribution >= 0.6 is 0 Å². The molecule has 0 bridgehead atoms. The molecule has 0 radical (unpaired) electrons. The summed E-state index contributed by atoms with van der Waals surface area (Å²) >= 11 is 0. The number of hydrogen-bond donors (Lipinski definition) is 2. The average molecular weight is 204 g/mol. The Morgan fingerprint density at radius 2 is 2.27 bits per heavy atom. The molecule has 3 heteroatoms. The summed E-state index contributed by atoms with van der Waals surface area (Å²) in [7, 11) is 0. The van der Waals surface area contributed by atoms with E-state index in [1.165, 1.54) is 11.1 Å². The van der Waals surface area contributed by atoms with E-state index in [-0.39, 0.29) is 11.9 Å². The van der Waals surface area contributed by atoms with E-state index in [2.05, 4.69) is 41.8 Å². The molecular formula is C12H16N2O. The lowest BCUT2D eigenvalue weighted by atomic mass is 10.0. The molecule has 80 valence electrons. The summed E-state index contributed by atoms with van der Waals surface area (Å²) in [5.74, 6) is 0.137. The van der Waals surface area contributed by atoms with Gasteiger partial charge in [0.2, 0.25) is 5.91 Å². The molecule has 0 saturated carbocycles. The third-order valence-corrected chi connectivity index (χ3v) is 2.69. The first kappa shape index (κ1) is 10.2. The van der Waals surface area contributed by atoms with Gasteiger partial charge < -0.3 is 10.6 Å². The van der Waals surface area contributed by atoms with Crippen LogP contribution in [0.25, 0.3) is 0 Å². The number of carbonyl (C=O) groups is 1. The maximum Gasteiger partial charge on any atom is 0.221 e. The number of benzene rings is 1. The van der Waals surface area contributed by atoms with Crippen molar-refractivity contribution in [1.82, 2.24) is 10.6 Å². The molecule has 1 heterocycles. The van der Waals surface area contributed by atoms with Gasteiger partial charge in [-0.15, -0.1) is 0 Å². The van der Waals surface area contributed by atoms with Gasteiger partial charge in [-0.1, -0.05) is 29.8 Å². The summed E-state index contributed by atoms with van der Waals surface area (Å²) < 4.78 is 0. The van der Waals surface area contributed by atoms with Crippen molar-refractivity contribution in [2.75, 3.05) is 13.1 Å². The monoisotopic (exact) mass is 204 g/mol. The summed E-state index contributed by atoms with van der Waals surface area (Å²) in [5, 5.41) is 6.28. The van der Waals surface area contributed by atoms with Crippen LogP contribution < -0.4 is 10.6 Å². The highest BCUT2D eigenvalue weighted by Gasteiger charge is 2.16. The predicted molar refractivity (Wildman–Crippen MR) is 59.5 cm³/mol. The molecule has 1 aromatic carbocycles. The Kier molecular flexibility index (Phi) is 3.02. The molecule has 1 unspecified atom stereocenters. The van der Waals surface area contributed by atoms with Gasteiger partial charge in [0.05, 0.1) is 0 Å². The molecule has 1 aromatic rings. The molecule has 1 saturated heterocycles. The highest BCUT2D eigenvalue weighted by Crippen LogP contribution is 2.14. The van der Waals surface area contributed by atoms with Crippen LogP contribution in [0.15, 0.2) is 24.3 Å². The summed E-state index contributed by atoms with van der Waals surface area (Å²) in [4.78, 5) is 11.2. The Hall–Kier alpha value is -1.35. The minimum atomic E-state index is 0.137. The number of carbonyl (C=O) groups excluding carboxylic acids is 1. The maximum absolute atomic E-state index is 11.2. The highest BCUT2D eigenvalue weighted by molar-refractivity contribution is 5.76. The van der Waals surface area contributed by atoms with Gasteiger partial charge in [-0.2, -0.15) is 0 Å². The third kappa shape index (κ3) is 2.57. The molecule has 0 aliphatic carbocycles. The standard InChI is InChI=1S/C12H16N2O/c1-9-3-2-4-10(7-9)11-8-14-12(15)5-6-13-11/h2-4,7,11,13H,5-6,8H2,1H3,(H,14,15). The van der Waals surface area contributed by atoms with Crippen molar-refractivity contribution in [3.8, 4) is 0 Å². The topological polar surface area (TPSA) is 41.1 Å². The fourth-order valence-corrected chi connectivity index (χ4v) is 1.86. The zero-order chi connectivity index (χ0) is 10.7. The van der Waals surface area contributed by atoms with E-state index in [4.69, 9.17) is 0 Å². The summed E-state index contributed by atoms with van der Waals surface area (Å²) in [6.45, 7) is 3.52. The fourth-order valence-electron chi connectivity index (χ4n) is 1.86. The normalized spacial score (nSPS) is 21.9. The number of aryl methyl sites for hydroxylation is 1. The van der Waals surface area contributed by atoms with E-state index < -0.39 is 0 Å². The van der Waals surface area contributed by atoms with Crippen molar-refractivity contribution in [1.29, 1.82) is 0 Å². The lowest BCUT2D eigenvalue weighted by molar-refractivity contribution is -0.120. The molecule has 3 nitrogen and oxygen atoms in total. The summed E-state index contributed by atoms with van der Waals surface area (Å²) in [5.41, 5.74) is 2.50. The largest absolute Gasteiger partial charge is 0.354 e. The number of amides is 1. The molecule has 15 heavy (non-hydrogen) atoms. The van der Waals surface area contributed by atoms with E-state index in [9.17, 15) is 4.79 Å². The van der Waals surface area contributed by atoms with Crippen molar-refractivity contribution in [3.05, 3.63) is 35.4 Å². The van der Waals surface area contributed by atoms with Crippen molar-refractivity contribution >= 4 is 5.91 Å². The Bertz CT molecular complexity index is 362. The summed E-state index contributed by atoms with van der Waals surface area (Å²) in [6, 6.07) is 8.64. The second-order valence-corrected chi connectivity index (χ2v) is 3.97. The Morgan fingerprint density at radius 3 is 3.07 bits per heavy atom.